The predicted octanol–water partition coefficient (Wildman–Crippen LogP) is 4.78. The van der Waals surface area contributed by atoms with E-state index in [4.69, 9.17) is 11.6 Å². The van der Waals surface area contributed by atoms with Crippen molar-refractivity contribution in [2.45, 2.75) is 17.7 Å². The van der Waals surface area contributed by atoms with Crippen molar-refractivity contribution in [2.75, 3.05) is 18.4 Å². The molecule has 1 aliphatic rings. The fourth-order valence-corrected chi connectivity index (χ4v) is 5.93. The molecule has 3 aromatic rings. The Labute approximate surface area is 186 Å². The Hall–Kier alpha value is -2.40. The Morgan fingerprint density at radius 2 is 1.84 bits per heavy atom. The zero-order chi connectivity index (χ0) is 22.2. The fraction of sp³-hybridized carbons (Fsp3) is 0.200. The van der Waals surface area contributed by atoms with E-state index in [1.165, 1.54) is 28.6 Å². The van der Waals surface area contributed by atoms with Crippen LogP contribution >= 0.6 is 22.9 Å². The second-order valence-electron chi connectivity index (χ2n) is 6.88. The molecule has 2 heterocycles. The van der Waals surface area contributed by atoms with Gasteiger partial charge in [-0.25, -0.2) is 22.2 Å². The molecule has 6 nitrogen and oxygen atoms in total. The summed E-state index contributed by atoms with van der Waals surface area (Å²) in [5, 5.41) is 4.45. The monoisotopic (exact) mass is 483 g/mol. The van der Waals surface area contributed by atoms with E-state index >= 15 is 0 Å². The Bertz CT molecular complexity index is 1260. The van der Waals surface area contributed by atoms with Gasteiger partial charge in [-0.1, -0.05) is 11.6 Å². The number of hydrogen-bond donors (Lipinski definition) is 1. The summed E-state index contributed by atoms with van der Waals surface area (Å²) < 4.78 is 53.6. The average molecular weight is 484 g/mol. The van der Waals surface area contributed by atoms with Crippen LogP contribution in [0.1, 0.15) is 23.2 Å². The number of rotatable bonds is 5. The molecule has 162 valence electrons. The number of nitrogens with zero attached hydrogens (tertiary/aromatic N) is 2. The summed E-state index contributed by atoms with van der Waals surface area (Å²) in [6.07, 6.45) is 1.56. The number of hydrogen-bond acceptors (Lipinski definition) is 5. The molecule has 4 rings (SSSR count). The third-order valence-corrected chi connectivity index (χ3v) is 7.95. The molecule has 1 fully saturated rings. The van der Waals surface area contributed by atoms with Gasteiger partial charge in [-0.3, -0.25) is 10.1 Å². The third kappa shape index (κ3) is 4.47. The molecule has 1 N–H and O–H groups in total. The fourth-order valence-electron chi connectivity index (χ4n) is 3.20. The number of thiazole rings is 1. The van der Waals surface area contributed by atoms with Crippen molar-refractivity contribution >= 4 is 44.0 Å². The molecule has 1 aromatic heterocycles. The molecule has 0 radical (unpaired) electrons. The minimum absolute atomic E-state index is 0.0401. The summed E-state index contributed by atoms with van der Waals surface area (Å²) in [6.45, 7) is 0.835. The van der Waals surface area contributed by atoms with Gasteiger partial charge in [0.2, 0.25) is 10.0 Å². The zero-order valence-electron chi connectivity index (χ0n) is 15.9. The second kappa shape index (κ2) is 8.62. The van der Waals surface area contributed by atoms with E-state index in [-0.39, 0.29) is 20.6 Å². The van der Waals surface area contributed by atoms with Gasteiger partial charge in [-0.05, 0) is 49.2 Å². The lowest BCUT2D eigenvalue weighted by Gasteiger charge is -2.17. The van der Waals surface area contributed by atoms with Crippen molar-refractivity contribution in [1.29, 1.82) is 0 Å². The Balaban J connectivity index is 1.55. The van der Waals surface area contributed by atoms with Crippen LogP contribution in [-0.4, -0.2) is 36.7 Å². The molecule has 1 saturated heterocycles. The molecule has 0 bridgehead atoms. The number of carbonyl (C=O) groups is 1. The van der Waals surface area contributed by atoms with Gasteiger partial charge in [0, 0.05) is 29.6 Å². The van der Waals surface area contributed by atoms with Crippen molar-refractivity contribution in [3.05, 3.63) is 64.0 Å². The lowest BCUT2D eigenvalue weighted by atomic mass is 10.2. The van der Waals surface area contributed by atoms with Gasteiger partial charge in [-0.15, -0.1) is 11.3 Å². The number of aromatic nitrogens is 1. The SMILES string of the molecule is O=C(Nc1nc(-c2ccc(F)c(F)c2)cs1)c1ccc(Cl)c(S(=O)(=O)N2CCCC2)c1. The van der Waals surface area contributed by atoms with Gasteiger partial charge in [0.15, 0.2) is 16.8 Å². The molecule has 1 aliphatic heterocycles. The highest BCUT2D eigenvalue weighted by Gasteiger charge is 2.29. The molecule has 1 amide bonds. The van der Waals surface area contributed by atoms with Crippen LogP contribution < -0.4 is 5.32 Å². The minimum atomic E-state index is -3.80. The number of halogens is 3. The number of nitrogens with one attached hydrogen (secondary N) is 1. The van der Waals surface area contributed by atoms with E-state index in [0.717, 1.165) is 36.3 Å². The number of benzene rings is 2. The molecular weight excluding hydrogens is 468 g/mol. The molecule has 0 aliphatic carbocycles. The maximum absolute atomic E-state index is 13.4. The van der Waals surface area contributed by atoms with E-state index in [1.807, 2.05) is 0 Å². The van der Waals surface area contributed by atoms with E-state index in [0.29, 0.717) is 24.3 Å². The molecule has 11 heteroatoms. The van der Waals surface area contributed by atoms with Gasteiger partial charge < -0.3 is 0 Å². The van der Waals surface area contributed by atoms with Crippen LogP contribution in [0.15, 0.2) is 46.7 Å². The Morgan fingerprint density at radius 1 is 1.10 bits per heavy atom. The molecule has 31 heavy (non-hydrogen) atoms. The standard InChI is InChI=1S/C20H16ClF2N3O3S2/c21-14-5-3-13(10-18(14)31(28,29)26-7-1-2-8-26)19(27)25-20-24-17(11-30-20)12-4-6-15(22)16(23)9-12/h3-6,9-11H,1-2,7-8H2,(H,24,25,27). The van der Waals surface area contributed by atoms with E-state index in [9.17, 15) is 22.0 Å². The normalized spacial score (nSPS) is 14.7. The highest BCUT2D eigenvalue weighted by atomic mass is 35.5. The lowest BCUT2D eigenvalue weighted by molar-refractivity contribution is 0.102. The van der Waals surface area contributed by atoms with Crippen LogP contribution in [0.5, 0.6) is 0 Å². The predicted molar refractivity (Wildman–Crippen MR) is 115 cm³/mol. The quantitative estimate of drug-likeness (QED) is 0.566. The van der Waals surface area contributed by atoms with Crippen LogP contribution in [-0.2, 0) is 10.0 Å². The first-order chi connectivity index (χ1) is 14.8. The van der Waals surface area contributed by atoms with E-state index < -0.39 is 27.6 Å². The highest BCUT2D eigenvalue weighted by Crippen LogP contribution is 2.29. The minimum Gasteiger partial charge on any atom is -0.298 e. The third-order valence-electron chi connectivity index (χ3n) is 4.82. The number of amides is 1. The largest absolute Gasteiger partial charge is 0.298 e. The Kier molecular flexibility index (Phi) is 6.07. The van der Waals surface area contributed by atoms with E-state index in [2.05, 4.69) is 10.3 Å². The van der Waals surface area contributed by atoms with Crippen molar-refractivity contribution in [3.8, 4) is 11.3 Å². The van der Waals surface area contributed by atoms with Crippen LogP contribution in [0.25, 0.3) is 11.3 Å². The highest BCUT2D eigenvalue weighted by molar-refractivity contribution is 7.89. The summed E-state index contributed by atoms with van der Waals surface area (Å²) in [6, 6.07) is 7.43. The first kappa shape index (κ1) is 21.8. The molecule has 0 saturated carbocycles. The molecule has 0 unspecified atom stereocenters. The van der Waals surface area contributed by atoms with Crippen LogP contribution in [0, 0.1) is 11.6 Å². The van der Waals surface area contributed by atoms with Crippen LogP contribution in [0.3, 0.4) is 0 Å². The second-order valence-corrected chi connectivity index (χ2v) is 10.0. The Morgan fingerprint density at radius 3 is 2.55 bits per heavy atom. The summed E-state index contributed by atoms with van der Waals surface area (Å²) >= 11 is 7.21. The van der Waals surface area contributed by atoms with E-state index in [1.54, 1.807) is 5.38 Å². The first-order valence-corrected chi connectivity index (χ1v) is 12.0. The smallest absolute Gasteiger partial charge is 0.257 e. The summed E-state index contributed by atoms with van der Waals surface area (Å²) in [4.78, 5) is 16.8. The molecule has 0 spiro atoms. The van der Waals surface area contributed by atoms with Crippen molar-refractivity contribution < 1.29 is 22.0 Å². The molecule has 0 atom stereocenters. The molecule has 2 aromatic carbocycles. The number of anilines is 1. The maximum Gasteiger partial charge on any atom is 0.257 e. The van der Waals surface area contributed by atoms with Crippen molar-refractivity contribution in [2.24, 2.45) is 0 Å². The van der Waals surface area contributed by atoms with Crippen LogP contribution in [0.4, 0.5) is 13.9 Å². The zero-order valence-corrected chi connectivity index (χ0v) is 18.3. The van der Waals surface area contributed by atoms with Crippen LogP contribution in [0.2, 0.25) is 5.02 Å². The average Bonchev–Trinajstić information content (AvgIpc) is 3.43. The summed E-state index contributed by atoms with van der Waals surface area (Å²) in [7, 11) is -3.80. The lowest BCUT2D eigenvalue weighted by Crippen LogP contribution is -2.28. The molecular formula is C20H16ClF2N3O3S2. The van der Waals surface area contributed by atoms with Crippen molar-refractivity contribution in [3.63, 3.8) is 0 Å². The van der Waals surface area contributed by atoms with Crippen molar-refractivity contribution in [1.82, 2.24) is 9.29 Å². The van der Waals surface area contributed by atoms with Gasteiger partial charge in [-0.2, -0.15) is 4.31 Å². The number of carbonyl (C=O) groups excluding carboxylic acids is 1. The maximum atomic E-state index is 13.4. The topological polar surface area (TPSA) is 79.4 Å². The summed E-state index contributed by atoms with van der Waals surface area (Å²) in [5.74, 6) is -2.53. The van der Waals surface area contributed by atoms with Gasteiger partial charge in [0.1, 0.15) is 4.90 Å². The number of sulfonamides is 1. The summed E-state index contributed by atoms with van der Waals surface area (Å²) in [5.41, 5.74) is 0.834. The van der Waals surface area contributed by atoms with Gasteiger partial charge in [0.05, 0.1) is 10.7 Å². The van der Waals surface area contributed by atoms with Gasteiger partial charge in [0.25, 0.3) is 5.91 Å². The first-order valence-electron chi connectivity index (χ1n) is 9.28. The van der Waals surface area contributed by atoms with Gasteiger partial charge >= 0.3 is 0 Å².